The number of nitrogens with zero attached hydrogens (tertiary/aromatic N) is 3. The van der Waals surface area contributed by atoms with E-state index in [0.29, 0.717) is 12.5 Å². The summed E-state index contributed by atoms with van der Waals surface area (Å²) in [4.78, 5) is 22.6. The number of nitrogens with one attached hydrogen (secondary N) is 2. The fraction of sp³-hybridized carbons (Fsp3) is 0.444. The standard InChI is InChI=1S/C27H34FN5O/c1-31-13-15-33(16-14-31)27(34)7-10-29-23-8-11-32(12-9-23)24-4-2-3-20(18-24)26-19-21-17-22(28)5-6-25(21)30-26/h2-6,17-19,23,29-30H,7-16H2,1H3. The monoisotopic (exact) mass is 463 g/mol. The summed E-state index contributed by atoms with van der Waals surface area (Å²) in [5.74, 6) is 0.0570. The van der Waals surface area contributed by atoms with E-state index in [1.807, 2.05) is 11.0 Å². The molecule has 0 saturated carbocycles. The van der Waals surface area contributed by atoms with Crippen LogP contribution < -0.4 is 10.2 Å². The third kappa shape index (κ3) is 5.26. The zero-order chi connectivity index (χ0) is 23.5. The number of H-pyrrole nitrogens is 1. The minimum Gasteiger partial charge on any atom is -0.371 e. The highest BCUT2D eigenvalue weighted by molar-refractivity contribution is 5.86. The number of anilines is 1. The summed E-state index contributed by atoms with van der Waals surface area (Å²) in [6, 6.07) is 15.9. The van der Waals surface area contributed by atoms with Crippen molar-refractivity contribution in [2.75, 3.05) is 57.8 Å². The number of fused-ring (bicyclic) bond motifs is 1. The zero-order valence-electron chi connectivity index (χ0n) is 19.9. The first kappa shape index (κ1) is 22.9. The van der Waals surface area contributed by atoms with E-state index in [0.717, 1.165) is 80.8 Å². The van der Waals surface area contributed by atoms with Gasteiger partial charge in [-0.25, -0.2) is 4.39 Å². The molecule has 0 spiro atoms. The first-order valence-corrected chi connectivity index (χ1v) is 12.4. The number of aromatic nitrogens is 1. The predicted octanol–water partition coefficient (Wildman–Crippen LogP) is 3.70. The summed E-state index contributed by atoms with van der Waals surface area (Å²) in [5, 5.41) is 4.50. The maximum Gasteiger partial charge on any atom is 0.223 e. The van der Waals surface area contributed by atoms with Crippen molar-refractivity contribution >= 4 is 22.5 Å². The largest absolute Gasteiger partial charge is 0.371 e. The van der Waals surface area contributed by atoms with Crippen molar-refractivity contribution in [3.63, 3.8) is 0 Å². The van der Waals surface area contributed by atoms with Gasteiger partial charge in [-0.2, -0.15) is 0 Å². The number of piperazine rings is 1. The molecule has 2 N–H and O–H groups in total. The quantitative estimate of drug-likeness (QED) is 0.586. The lowest BCUT2D eigenvalue weighted by Crippen LogP contribution is -2.48. The molecule has 34 heavy (non-hydrogen) atoms. The molecule has 0 atom stereocenters. The molecule has 0 bridgehead atoms. The van der Waals surface area contributed by atoms with E-state index in [1.54, 1.807) is 12.1 Å². The minimum absolute atomic E-state index is 0.216. The topological polar surface area (TPSA) is 54.6 Å². The normalized spacial score (nSPS) is 18.1. The number of likely N-dealkylation sites (N-methyl/N-ethyl adjacent to an activating group) is 1. The molecule has 0 unspecified atom stereocenters. The van der Waals surface area contributed by atoms with Gasteiger partial charge in [-0.15, -0.1) is 0 Å². The molecule has 7 heteroatoms. The second kappa shape index (κ2) is 10.2. The van der Waals surface area contributed by atoms with Crippen molar-refractivity contribution in [2.24, 2.45) is 0 Å². The van der Waals surface area contributed by atoms with Gasteiger partial charge in [0.05, 0.1) is 0 Å². The van der Waals surface area contributed by atoms with Crippen LogP contribution in [-0.2, 0) is 4.79 Å². The molecule has 5 rings (SSSR count). The Labute approximate surface area is 200 Å². The molecule has 3 heterocycles. The van der Waals surface area contributed by atoms with Gasteiger partial charge in [-0.05, 0) is 61.9 Å². The first-order valence-electron chi connectivity index (χ1n) is 12.4. The van der Waals surface area contributed by atoms with Gasteiger partial charge in [0.1, 0.15) is 5.82 Å². The Morgan fingerprint density at radius 3 is 2.62 bits per heavy atom. The molecule has 2 aromatic carbocycles. The van der Waals surface area contributed by atoms with Crippen molar-refractivity contribution in [3.05, 3.63) is 54.3 Å². The Bertz CT molecular complexity index is 1130. The van der Waals surface area contributed by atoms with Crippen LogP contribution in [0.5, 0.6) is 0 Å². The number of halogens is 1. The van der Waals surface area contributed by atoms with Crippen molar-refractivity contribution < 1.29 is 9.18 Å². The third-order valence-electron chi connectivity index (χ3n) is 7.23. The molecular formula is C27H34FN5O. The highest BCUT2D eigenvalue weighted by atomic mass is 19.1. The first-order chi connectivity index (χ1) is 16.5. The number of carbonyl (C=O) groups excluding carboxylic acids is 1. The SMILES string of the molecule is CN1CCN(C(=O)CCNC2CCN(c3cccc(-c4cc5cc(F)ccc5[nH]4)c3)CC2)CC1. The van der Waals surface area contributed by atoms with Gasteiger partial charge in [-0.1, -0.05) is 12.1 Å². The van der Waals surface area contributed by atoms with Crippen LogP contribution in [0.4, 0.5) is 10.1 Å². The Morgan fingerprint density at radius 2 is 1.82 bits per heavy atom. The average Bonchev–Trinajstić information content (AvgIpc) is 3.28. The third-order valence-corrected chi connectivity index (χ3v) is 7.23. The number of benzene rings is 2. The summed E-state index contributed by atoms with van der Waals surface area (Å²) < 4.78 is 13.6. The van der Waals surface area contributed by atoms with Crippen LogP contribution in [0.15, 0.2) is 48.5 Å². The van der Waals surface area contributed by atoms with Gasteiger partial charge in [0.15, 0.2) is 0 Å². The lowest BCUT2D eigenvalue weighted by molar-refractivity contribution is -0.132. The molecule has 2 saturated heterocycles. The van der Waals surface area contributed by atoms with Crippen molar-refractivity contribution in [2.45, 2.75) is 25.3 Å². The Morgan fingerprint density at radius 1 is 1.03 bits per heavy atom. The molecule has 1 aromatic heterocycles. The molecule has 2 aliphatic rings. The van der Waals surface area contributed by atoms with E-state index in [2.05, 4.69) is 51.4 Å². The van der Waals surface area contributed by atoms with E-state index in [1.165, 1.54) is 11.8 Å². The molecular weight excluding hydrogens is 429 g/mol. The van der Waals surface area contributed by atoms with Gasteiger partial charge in [0, 0.05) is 80.6 Å². The number of aromatic amines is 1. The highest BCUT2D eigenvalue weighted by Gasteiger charge is 2.21. The van der Waals surface area contributed by atoms with Crippen LogP contribution in [0.3, 0.4) is 0 Å². The van der Waals surface area contributed by atoms with E-state index < -0.39 is 0 Å². The molecule has 2 fully saturated rings. The Kier molecular flexibility index (Phi) is 6.83. The number of hydrogen-bond donors (Lipinski definition) is 2. The van der Waals surface area contributed by atoms with Gasteiger partial charge >= 0.3 is 0 Å². The summed E-state index contributed by atoms with van der Waals surface area (Å²) in [6.07, 6.45) is 2.72. The molecule has 3 aromatic rings. The van der Waals surface area contributed by atoms with Crippen LogP contribution in [-0.4, -0.2) is 79.6 Å². The van der Waals surface area contributed by atoms with E-state index in [-0.39, 0.29) is 11.7 Å². The van der Waals surface area contributed by atoms with Crippen LogP contribution >= 0.6 is 0 Å². The summed E-state index contributed by atoms with van der Waals surface area (Å²) in [5.41, 5.74) is 4.27. The lowest BCUT2D eigenvalue weighted by atomic mass is 10.0. The van der Waals surface area contributed by atoms with Gasteiger partial charge < -0.3 is 25.0 Å². The molecule has 0 radical (unpaired) electrons. The summed E-state index contributed by atoms with van der Waals surface area (Å²) in [6.45, 7) is 6.38. The minimum atomic E-state index is -0.216. The summed E-state index contributed by atoms with van der Waals surface area (Å²) >= 11 is 0. The fourth-order valence-corrected chi connectivity index (χ4v) is 5.07. The molecule has 1 amide bonds. The second-order valence-corrected chi connectivity index (χ2v) is 9.61. The number of piperidine rings is 1. The van der Waals surface area contributed by atoms with Crippen LogP contribution in [0.1, 0.15) is 19.3 Å². The molecule has 180 valence electrons. The fourth-order valence-electron chi connectivity index (χ4n) is 5.07. The predicted molar refractivity (Wildman–Crippen MR) is 136 cm³/mol. The van der Waals surface area contributed by atoms with E-state index >= 15 is 0 Å². The second-order valence-electron chi connectivity index (χ2n) is 9.61. The van der Waals surface area contributed by atoms with Crippen LogP contribution in [0.25, 0.3) is 22.2 Å². The number of hydrogen-bond acceptors (Lipinski definition) is 4. The van der Waals surface area contributed by atoms with Crippen molar-refractivity contribution in [1.82, 2.24) is 20.1 Å². The molecule has 0 aliphatic carbocycles. The highest BCUT2D eigenvalue weighted by Crippen LogP contribution is 2.29. The van der Waals surface area contributed by atoms with Gasteiger partial charge in [0.25, 0.3) is 0 Å². The van der Waals surface area contributed by atoms with Crippen molar-refractivity contribution in [1.29, 1.82) is 0 Å². The lowest BCUT2D eigenvalue weighted by Gasteiger charge is -2.35. The molecule has 2 aliphatic heterocycles. The number of carbonyl (C=O) groups is 1. The molecule has 6 nitrogen and oxygen atoms in total. The van der Waals surface area contributed by atoms with Gasteiger partial charge in [0.2, 0.25) is 5.91 Å². The van der Waals surface area contributed by atoms with Crippen molar-refractivity contribution in [3.8, 4) is 11.3 Å². The maximum atomic E-state index is 13.6. The van der Waals surface area contributed by atoms with E-state index in [9.17, 15) is 9.18 Å². The Balaban J connectivity index is 1.12. The summed E-state index contributed by atoms with van der Waals surface area (Å²) in [7, 11) is 2.11. The number of rotatable bonds is 6. The van der Waals surface area contributed by atoms with Gasteiger partial charge in [-0.3, -0.25) is 4.79 Å². The smallest absolute Gasteiger partial charge is 0.223 e. The zero-order valence-corrected chi connectivity index (χ0v) is 19.9. The number of amides is 1. The average molecular weight is 464 g/mol. The van der Waals surface area contributed by atoms with Crippen LogP contribution in [0, 0.1) is 5.82 Å². The maximum absolute atomic E-state index is 13.6. The Hall–Kier alpha value is -2.90. The van der Waals surface area contributed by atoms with E-state index in [4.69, 9.17) is 0 Å². The van der Waals surface area contributed by atoms with Crippen LogP contribution in [0.2, 0.25) is 0 Å².